The molecule has 8 nitrogen and oxygen atoms in total. The highest BCUT2D eigenvalue weighted by Crippen LogP contribution is 2.40. The van der Waals surface area contributed by atoms with Crippen LogP contribution in [-0.4, -0.2) is 27.1 Å². The quantitative estimate of drug-likeness (QED) is 0.352. The third-order valence-electron chi connectivity index (χ3n) is 3.59. The Kier molecular flexibility index (Phi) is 5.81. The summed E-state index contributed by atoms with van der Waals surface area (Å²) in [7, 11) is 0. The Morgan fingerprint density at radius 1 is 1.04 bits per heavy atom. The molecule has 0 atom stereocenters. The van der Waals surface area contributed by atoms with Crippen LogP contribution in [0.2, 0.25) is 0 Å². The molecule has 0 aliphatic rings. The molecular formula is C18H23NO7. The smallest absolute Gasteiger partial charge is 0.372 e. The van der Waals surface area contributed by atoms with E-state index in [9.17, 15) is 29.9 Å². The second-order valence-electron chi connectivity index (χ2n) is 7.83. The van der Waals surface area contributed by atoms with E-state index in [0.29, 0.717) is 5.56 Å². The van der Waals surface area contributed by atoms with Gasteiger partial charge in [0.15, 0.2) is 0 Å². The highest BCUT2D eigenvalue weighted by atomic mass is 16.6. The van der Waals surface area contributed by atoms with Crippen molar-refractivity contribution in [3.8, 4) is 5.75 Å². The lowest BCUT2D eigenvalue weighted by atomic mass is 9.85. The van der Waals surface area contributed by atoms with Gasteiger partial charge in [-0.15, -0.1) is 0 Å². The van der Waals surface area contributed by atoms with Crippen molar-refractivity contribution >= 4 is 17.6 Å². The van der Waals surface area contributed by atoms with Crippen molar-refractivity contribution in [3.05, 3.63) is 45.2 Å². The lowest BCUT2D eigenvalue weighted by Gasteiger charge is -2.23. The van der Waals surface area contributed by atoms with Crippen LogP contribution in [0.15, 0.2) is 29.5 Å². The van der Waals surface area contributed by atoms with Crippen LogP contribution in [-0.2, 0) is 15.0 Å². The molecule has 2 N–H and O–H groups in total. The molecule has 1 aromatic rings. The van der Waals surface area contributed by atoms with Crippen molar-refractivity contribution in [2.45, 2.75) is 47.0 Å². The molecule has 0 amide bonds. The monoisotopic (exact) mass is 365 g/mol. The van der Waals surface area contributed by atoms with Crippen molar-refractivity contribution in [1.82, 2.24) is 0 Å². The summed E-state index contributed by atoms with van der Waals surface area (Å²) < 4.78 is 5.31. The van der Waals surface area contributed by atoms with Gasteiger partial charge >= 0.3 is 17.6 Å². The molecule has 0 unspecified atom stereocenters. The minimum Gasteiger partial charge on any atom is -0.478 e. The molecule has 1 rings (SSSR count). The number of para-hydroxylation sites is 1. The lowest BCUT2D eigenvalue weighted by molar-refractivity contribution is -0.386. The van der Waals surface area contributed by atoms with E-state index in [0.717, 1.165) is 0 Å². The summed E-state index contributed by atoms with van der Waals surface area (Å²) in [5.41, 5.74) is -2.19. The molecule has 26 heavy (non-hydrogen) atoms. The number of rotatable bonds is 5. The van der Waals surface area contributed by atoms with E-state index < -0.39 is 44.7 Å². The fourth-order valence-corrected chi connectivity index (χ4v) is 2.47. The van der Waals surface area contributed by atoms with E-state index in [1.54, 1.807) is 26.8 Å². The van der Waals surface area contributed by atoms with E-state index in [4.69, 9.17) is 4.74 Å². The number of carboxylic acids is 2. The van der Waals surface area contributed by atoms with Gasteiger partial charge < -0.3 is 14.9 Å². The summed E-state index contributed by atoms with van der Waals surface area (Å²) in [6.45, 7) is 9.86. The predicted octanol–water partition coefficient (Wildman–Crippen LogP) is 3.74. The number of carbonyl (C=O) groups is 2. The van der Waals surface area contributed by atoms with Crippen LogP contribution in [0.5, 0.6) is 5.75 Å². The van der Waals surface area contributed by atoms with Gasteiger partial charge in [0, 0.05) is 5.56 Å². The molecule has 0 aromatic heterocycles. The zero-order valence-corrected chi connectivity index (χ0v) is 15.6. The lowest BCUT2D eigenvalue weighted by Crippen LogP contribution is -2.25. The van der Waals surface area contributed by atoms with Crippen molar-refractivity contribution < 1.29 is 29.5 Å². The van der Waals surface area contributed by atoms with E-state index in [1.807, 2.05) is 0 Å². The van der Waals surface area contributed by atoms with Gasteiger partial charge in [0.25, 0.3) is 0 Å². The molecule has 8 heteroatoms. The second-order valence-corrected chi connectivity index (χ2v) is 7.83. The zero-order valence-electron chi connectivity index (χ0n) is 15.6. The zero-order chi connectivity index (χ0) is 20.4. The maximum absolute atomic E-state index is 11.6. The summed E-state index contributed by atoms with van der Waals surface area (Å²) in [5, 5.41) is 30.5. The Bertz CT molecular complexity index is 780. The van der Waals surface area contributed by atoms with Gasteiger partial charge in [-0.05, 0) is 16.9 Å². The predicted molar refractivity (Wildman–Crippen MR) is 94.2 cm³/mol. The third-order valence-corrected chi connectivity index (χ3v) is 3.59. The molecule has 0 saturated heterocycles. The van der Waals surface area contributed by atoms with Crippen LogP contribution in [0.1, 0.15) is 47.1 Å². The largest absolute Gasteiger partial charge is 0.478 e. The SMILES string of the molecule is CC(C)(C)C(C(=O)O)=C(Oc1cccc(C(C)(C)C)c1[N+](=O)[O-])C(=O)O. The van der Waals surface area contributed by atoms with Gasteiger partial charge in [0.2, 0.25) is 11.5 Å². The molecule has 0 aliphatic carbocycles. The summed E-state index contributed by atoms with van der Waals surface area (Å²) in [5.74, 6) is -4.25. The first-order valence-electron chi connectivity index (χ1n) is 7.85. The number of aliphatic carboxylic acids is 2. The maximum Gasteiger partial charge on any atom is 0.372 e. The van der Waals surface area contributed by atoms with Gasteiger partial charge in [0.05, 0.1) is 10.5 Å². The molecule has 1 aromatic carbocycles. The Balaban J connectivity index is 3.74. The number of ether oxygens (including phenoxy) is 1. The fourth-order valence-electron chi connectivity index (χ4n) is 2.47. The van der Waals surface area contributed by atoms with Crippen LogP contribution >= 0.6 is 0 Å². The molecule has 0 spiro atoms. The maximum atomic E-state index is 11.6. The van der Waals surface area contributed by atoms with Crippen molar-refractivity contribution in [2.24, 2.45) is 5.41 Å². The standard InChI is InChI=1S/C18H23NO7/c1-17(2,3)10-8-7-9-11(13(10)19(24)25)26-14(16(22)23)12(15(20)21)18(4,5)6/h7-9H,1-6H3,(H,20,21)(H,22,23). The third kappa shape index (κ3) is 4.59. The number of nitro groups is 1. The number of benzene rings is 1. The molecule has 0 aliphatic heterocycles. The Morgan fingerprint density at radius 2 is 1.58 bits per heavy atom. The first-order valence-corrected chi connectivity index (χ1v) is 7.85. The Labute approximate surface area is 151 Å². The molecule has 0 bridgehead atoms. The molecule has 0 radical (unpaired) electrons. The summed E-state index contributed by atoms with van der Waals surface area (Å²) in [6, 6.07) is 4.30. The van der Waals surface area contributed by atoms with Crippen molar-refractivity contribution in [3.63, 3.8) is 0 Å². The summed E-state index contributed by atoms with van der Waals surface area (Å²) in [6.07, 6.45) is 0. The van der Waals surface area contributed by atoms with Gasteiger partial charge in [-0.3, -0.25) is 10.1 Å². The number of nitrogens with zero attached hydrogens (tertiary/aromatic N) is 1. The van der Waals surface area contributed by atoms with E-state index in [2.05, 4.69) is 0 Å². The van der Waals surface area contributed by atoms with Crippen LogP contribution in [0.4, 0.5) is 5.69 Å². The van der Waals surface area contributed by atoms with Gasteiger partial charge in [0.1, 0.15) is 0 Å². The first kappa shape index (κ1) is 21.1. The summed E-state index contributed by atoms with van der Waals surface area (Å²) in [4.78, 5) is 34.2. The average Bonchev–Trinajstić information content (AvgIpc) is 2.42. The average molecular weight is 365 g/mol. The van der Waals surface area contributed by atoms with E-state index >= 15 is 0 Å². The fraction of sp³-hybridized carbons (Fsp3) is 0.444. The topological polar surface area (TPSA) is 127 Å². The number of hydrogen-bond acceptors (Lipinski definition) is 5. The van der Waals surface area contributed by atoms with Gasteiger partial charge in [-0.1, -0.05) is 53.7 Å². The van der Waals surface area contributed by atoms with Gasteiger partial charge in [-0.2, -0.15) is 0 Å². The molecule has 0 fully saturated rings. The van der Waals surface area contributed by atoms with Crippen LogP contribution in [0.3, 0.4) is 0 Å². The van der Waals surface area contributed by atoms with Crippen molar-refractivity contribution in [2.75, 3.05) is 0 Å². The van der Waals surface area contributed by atoms with E-state index in [1.165, 1.54) is 32.9 Å². The van der Waals surface area contributed by atoms with Gasteiger partial charge in [-0.25, -0.2) is 9.59 Å². The van der Waals surface area contributed by atoms with Crippen LogP contribution in [0.25, 0.3) is 0 Å². The van der Waals surface area contributed by atoms with Crippen molar-refractivity contribution in [1.29, 1.82) is 0 Å². The Hall–Kier alpha value is -2.90. The van der Waals surface area contributed by atoms with E-state index in [-0.39, 0.29) is 5.75 Å². The molecule has 0 saturated carbocycles. The number of nitro benzene ring substituents is 1. The highest BCUT2D eigenvalue weighted by Gasteiger charge is 2.35. The molecular weight excluding hydrogens is 342 g/mol. The normalized spacial score (nSPS) is 13.0. The number of carboxylic acid groups (broad SMARTS) is 2. The highest BCUT2D eigenvalue weighted by molar-refractivity contribution is 5.98. The first-order chi connectivity index (χ1) is 11.7. The summed E-state index contributed by atoms with van der Waals surface area (Å²) >= 11 is 0. The Morgan fingerprint density at radius 3 is 1.92 bits per heavy atom. The minimum atomic E-state index is -1.62. The van der Waals surface area contributed by atoms with Crippen LogP contribution in [0, 0.1) is 15.5 Å². The minimum absolute atomic E-state index is 0.317. The molecule has 0 heterocycles. The number of hydrogen-bond donors (Lipinski definition) is 2. The second kappa shape index (κ2) is 7.15. The van der Waals surface area contributed by atoms with Crippen LogP contribution < -0.4 is 4.74 Å². The molecule has 142 valence electrons.